The van der Waals surface area contributed by atoms with Gasteiger partial charge in [0.25, 0.3) is 0 Å². The van der Waals surface area contributed by atoms with Crippen LogP contribution in [0.5, 0.6) is 0 Å². The van der Waals surface area contributed by atoms with Crippen molar-refractivity contribution in [2.75, 3.05) is 13.6 Å². The SMILES string of the molecule is CCC(=O)CC[N]C. The first-order valence-electron chi connectivity index (χ1n) is 2.88. The molecule has 0 heterocycles. The first-order chi connectivity index (χ1) is 3.81. The second-order valence-electron chi connectivity index (χ2n) is 1.68. The molecule has 0 atom stereocenters. The van der Waals surface area contributed by atoms with E-state index in [1.165, 1.54) is 0 Å². The van der Waals surface area contributed by atoms with Crippen molar-refractivity contribution in [3.63, 3.8) is 0 Å². The molecule has 0 spiro atoms. The lowest BCUT2D eigenvalue weighted by Gasteiger charge is -1.91. The summed E-state index contributed by atoms with van der Waals surface area (Å²) >= 11 is 0. The fraction of sp³-hybridized carbons (Fsp3) is 0.833. The average molecular weight is 114 g/mol. The molecule has 0 aliphatic heterocycles. The normalized spacial score (nSPS) is 9.25. The van der Waals surface area contributed by atoms with E-state index < -0.39 is 0 Å². The van der Waals surface area contributed by atoms with E-state index in [9.17, 15) is 4.79 Å². The summed E-state index contributed by atoms with van der Waals surface area (Å²) in [4.78, 5) is 10.5. The summed E-state index contributed by atoms with van der Waals surface area (Å²) in [5.41, 5.74) is 0. The molecule has 0 amide bonds. The molecule has 2 heteroatoms. The van der Waals surface area contributed by atoms with Crippen LogP contribution in [0.1, 0.15) is 19.8 Å². The van der Waals surface area contributed by atoms with E-state index in [2.05, 4.69) is 5.32 Å². The third-order valence-corrected chi connectivity index (χ3v) is 1.01. The first-order valence-corrected chi connectivity index (χ1v) is 2.88. The molecule has 0 bridgehead atoms. The highest BCUT2D eigenvalue weighted by atomic mass is 16.1. The van der Waals surface area contributed by atoms with Crippen LogP contribution in [0.3, 0.4) is 0 Å². The van der Waals surface area contributed by atoms with Crippen molar-refractivity contribution in [2.24, 2.45) is 0 Å². The summed E-state index contributed by atoms with van der Waals surface area (Å²) in [6.07, 6.45) is 1.27. The Morgan fingerprint density at radius 1 is 1.62 bits per heavy atom. The van der Waals surface area contributed by atoms with Crippen molar-refractivity contribution in [3.8, 4) is 0 Å². The third-order valence-electron chi connectivity index (χ3n) is 1.01. The van der Waals surface area contributed by atoms with Crippen molar-refractivity contribution in [2.45, 2.75) is 19.8 Å². The number of nitrogens with zero attached hydrogens (tertiary/aromatic N) is 1. The highest BCUT2D eigenvalue weighted by Crippen LogP contribution is 1.85. The monoisotopic (exact) mass is 114 g/mol. The fourth-order valence-electron chi connectivity index (χ4n) is 0.413. The molecular weight excluding hydrogens is 102 g/mol. The van der Waals surface area contributed by atoms with E-state index >= 15 is 0 Å². The molecule has 0 saturated heterocycles. The van der Waals surface area contributed by atoms with Gasteiger partial charge in [0, 0.05) is 26.4 Å². The van der Waals surface area contributed by atoms with Crippen molar-refractivity contribution in [1.82, 2.24) is 5.32 Å². The lowest BCUT2D eigenvalue weighted by Crippen LogP contribution is -2.05. The summed E-state index contributed by atoms with van der Waals surface area (Å²) in [6.45, 7) is 2.56. The average Bonchev–Trinajstić information content (AvgIpc) is 1.83. The van der Waals surface area contributed by atoms with Crippen LogP contribution < -0.4 is 5.32 Å². The molecule has 47 valence electrons. The molecule has 2 nitrogen and oxygen atoms in total. The molecule has 0 aromatic heterocycles. The van der Waals surface area contributed by atoms with E-state index in [4.69, 9.17) is 0 Å². The van der Waals surface area contributed by atoms with Crippen LogP contribution in [0.2, 0.25) is 0 Å². The molecule has 0 aliphatic carbocycles. The quantitative estimate of drug-likeness (QED) is 0.526. The highest BCUT2D eigenvalue weighted by molar-refractivity contribution is 5.78. The standard InChI is InChI=1S/C6H12NO/c1-3-6(8)4-5-7-2/h3-5H2,1-2H3. The van der Waals surface area contributed by atoms with E-state index in [0.29, 0.717) is 25.2 Å². The van der Waals surface area contributed by atoms with Crippen LogP contribution in [-0.2, 0) is 4.79 Å². The Labute approximate surface area is 50.3 Å². The van der Waals surface area contributed by atoms with Gasteiger partial charge in [-0.25, -0.2) is 5.32 Å². The van der Waals surface area contributed by atoms with Crippen molar-refractivity contribution in [1.29, 1.82) is 0 Å². The number of rotatable bonds is 4. The number of hydrogen-bond acceptors (Lipinski definition) is 1. The van der Waals surface area contributed by atoms with Gasteiger partial charge in [0.1, 0.15) is 5.78 Å². The van der Waals surface area contributed by atoms with Gasteiger partial charge >= 0.3 is 0 Å². The first kappa shape index (κ1) is 7.63. The maximum atomic E-state index is 10.5. The van der Waals surface area contributed by atoms with Crippen LogP contribution in [0.4, 0.5) is 0 Å². The van der Waals surface area contributed by atoms with Gasteiger partial charge in [0.15, 0.2) is 0 Å². The van der Waals surface area contributed by atoms with E-state index in [1.54, 1.807) is 7.05 Å². The fourth-order valence-corrected chi connectivity index (χ4v) is 0.413. The van der Waals surface area contributed by atoms with E-state index in [-0.39, 0.29) is 0 Å². The van der Waals surface area contributed by atoms with E-state index in [1.807, 2.05) is 6.92 Å². The Hall–Kier alpha value is -0.370. The number of ketones is 1. The Morgan fingerprint density at radius 3 is 2.62 bits per heavy atom. The maximum Gasteiger partial charge on any atom is 0.133 e. The van der Waals surface area contributed by atoms with Crippen molar-refractivity contribution < 1.29 is 4.79 Å². The minimum absolute atomic E-state index is 0.301. The predicted molar refractivity (Wildman–Crippen MR) is 32.8 cm³/mol. The largest absolute Gasteiger partial charge is 0.300 e. The molecule has 0 aromatic carbocycles. The predicted octanol–water partition coefficient (Wildman–Crippen LogP) is 0.590. The molecule has 8 heavy (non-hydrogen) atoms. The van der Waals surface area contributed by atoms with Crippen LogP contribution in [0.15, 0.2) is 0 Å². The lowest BCUT2D eigenvalue weighted by molar-refractivity contribution is -0.118. The summed E-state index contributed by atoms with van der Waals surface area (Å²) in [5, 5.41) is 3.80. The number of carbonyl (C=O) groups is 1. The lowest BCUT2D eigenvalue weighted by atomic mass is 10.2. The van der Waals surface area contributed by atoms with Gasteiger partial charge in [-0.2, -0.15) is 0 Å². The van der Waals surface area contributed by atoms with Gasteiger partial charge in [0.2, 0.25) is 0 Å². The van der Waals surface area contributed by atoms with Crippen LogP contribution in [-0.4, -0.2) is 19.4 Å². The summed E-state index contributed by atoms with van der Waals surface area (Å²) in [7, 11) is 1.73. The Bertz CT molecular complexity index is 70.9. The zero-order valence-corrected chi connectivity index (χ0v) is 5.48. The molecule has 0 aliphatic rings. The van der Waals surface area contributed by atoms with Gasteiger partial charge in [-0.15, -0.1) is 0 Å². The molecule has 0 saturated carbocycles. The number of hydrogen-bond donors (Lipinski definition) is 0. The van der Waals surface area contributed by atoms with Gasteiger partial charge in [-0.3, -0.25) is 4.79 Å². The zero-order chi connectivity index (χ0) is 6.41. The minimum Gasteiger partial charge on any atom is -0.300 e. The van der Waals surface area contributed by atoms with Gasteiger partial charge in [-0.1, -0.05) is 6.92 Å². The zero-order valence-electron chi connectivity index (χ0n) is 5.48. The Balaban J connectivity index is 2.99. The molecule has 0 N–H and O–H groups in total. The molecule has 0 fully saturated rings. The summed E-state index contributed by atoms with van der Waals surface area (Å²) in [6, 6.07) is 0. The van der Waals surface area contributed by atoms with Crippen LogP contribution >= 0.6 is 0 Å². The molecular formula is C6H12NO. The minimum atomic E-state index is 0.301. The van der Waals surface area contributed by atoms with Gasteiger partial charge < -0.3 is 0 Å². The second-order valence-corrected chi connectivity index (χ2v) is 1.68. The summed E-state index contributed by atoms with van der Waals surface area (Å²) in [5.74, 6) is 0.301. The van der Waals surface area contributed by atoms with Crippen LogP contribution in [0.25, 0.3) is 0 Å². The highest BCUT2D eigenvalue weighted by Gasteiger charge is 1.93. The molecule has 0 aromatic rings. The second kappa shape index (κ2) is 4.78. The third kappa shape index (κ3) is 3.81. The smallest absolute Gasteiger partial charge is 0.133 e. The van der Waals surface area contributed by atoms with Crippen LogP contribution in [0, 0.1) is 0 Å². The maximum absolute atomic E-state index is 10.5. The number of Topliss-reactive ketones (excluding diaryl/α,β-unsaturated/α-hetero) is 1. The van der Waals surface area contributed by atoms with Gasteiger partial charge in [-0.05, 0) is 0 Å². The van der Waals surface area contributed by atoms with Crippen molar-refractivity contribution in [3.05, 3.63) is 0 Å². The van der Waals surface area contributed by atoms with Crippen molar-refractivity contribution >= 4 is 5.78 Å². The Kier molecular flexibility index (Phi) is 4.56. The Morgan fingerprint density at radius 2 is 2.25 bits per heavy atom. The summed E-state index contributed by atoms with van der Waals surface area (Å²) < 4.78 is 0. The molecule has 0 rings (SSSR count). The number of carbonyl (C=O) groups excluding carboxylic acids is 1. The topological polar surface area (TPSA) is 31.2 Å². The molecule has 1 radical (unpaired) electrons. The molecule has 0 unspecified atom stereocenters. The van der Waals surface area contributed by atoms with Gasteiger partial charge in [0.05, 0.1) is 0 Å². The van der Waals surface area contributed by atoms with E-state index in [0.717, 1.165) is 0 Å².